The topological polar surface area (TPSA) is 64.2 Å². The summed E-state index contributed by atoms with van der Waals surface area (Å²) < 4.78 is 2.17. The first-order valence-electron chi connectivity index (χ1n) is 11.5. The van der Waals surface area contributed by atoms with Crippen molar-refractivity contribution in [2.75, 3.05) is 19.6 Å². The normalized spacial score (nSPS) is 15.4. The second-order valence-electron chi connectivity index (χ2n) is 8.55. The molecule has 0 saturated carbocycles. The van der Waals surface area contributed by atoms with Crippen LogP contribution in [0.3, 0.4) is 0 Å². The van der Waals surface area contributed by atoms with E-state index in [4.69, 9.17) is 4.79 Å². The summed E-state index contributed by atoms with van der Waals surface area (Å²) in [6, 6.07) is 0. The number of carbonyl (C=O) groups is 1. The number of piperidine rings is 1. The van der Waals surface area contributed by atoms with Crippen molar-refractivity contribution in [2.24, 2.45) is 11.7 Å². The first kappa shape index (κ1) is 24.7. The Kier molecular flexibility index (Phi) is 13.7. The molecule has 0 radical (unpaired) electrons. The molecular weight excluding hydrogens is 348 g/mol. The zero-order valence-electron chi connectivity index (χ0n) is 18.6. The van der Waals surface area contributed by atoms with Gasteiger partial charge >= 0.3 is 0 Å². The largest absolute Gasteiger partial charge is 0.372 e. The van der Waals surface area contributed by atoms with Crippen LogP contribution in [0.1, 0.15) is 96.5 Å². The van der Waals surface area contributed by atoms with E-state index < -0.39 is 0 Å². The molecular formula is C23H44N4O. The summed E-state index contributed by atoms with van der Waals surface area (Å²) in [5.41, 5.74) is 5.53. The summed E-state index contributed by atoms with van der Waals surface area (Å²) in [5, 5.41) is 4.55. The van der Waals surface area contributed by atoms with E-state index in [1.165, 1.54) is 89.4 Å². The van der Waals surface area contributed by atoms with E-state index in [1.807, 2.05) is 6.20 Å². The number of rotatable bonds is 12. The third-order valence-corrected chi connectivity index (χ3v) is 5.80. The molecule has 5 heteroatoms. The third-order valence-electron chi connectivity index (χ3n) is 5.80. The van der Waals surface area contributed by atoms with Crippen LogP contribution in [-0.2, 0) is 11.3 Å². The van der Waals surface area contributed by atoms with Gasteiger partial charge in [-0.05, 0) is 56.3 Å². The number of hydrogen-bond donors (Lipinski definition) is 1. The summed E-state index contributed by atoms with van der Waals surface area (Å²) >= 11 is 0. The van der Waals surface area contributed by atoms with Crippen molar-refractivity contribution in [3.05, 3.63) is 18.0 Å². The molecule has 5 nitrogen and oxygen atoms in total. The number of nitrogens with zero attached hydrogens (tertiary/aromatic N) is 3. The maximum atomic E-state index is 8.58. The number of primary amides is 1. The van der Waals surface area contributed by atoms with Gasteiger partial charge in [-0.3, -0.25) is 9.48 Å². The highest BCUT2D eigenvalue weighted by Crippen LogP contribution is 2.21. The molecule has 0 unspecified atom stereocenters. The number of carbonyl (C=O) groups excluding carboxylic acids is 1. The van der Waals surface area contributed by atoms with Crippen LogP contribution in [0.4, 0.5) is 0 Å². The smallest absolute Gasteiger partial charge is 0.204 e. The number of hydrogen-bond acceptors (Lipinski definition) is 3. The summed E-state index contributed by atoms with van der Waals surface area (Å²) in [5.74, 6) is 1.40. The van der Waals surface area contributed by atoms with Gasteiger partial charge in [-0.25, -0.2) is 0 Å². The molecule has 1 aliphatic rings. The molecule has 2 rings (SSSR count). The molecule has 2 N–H and O–H groups in total. The van der Waals surface area contributed by atoms with Crippen LogP contribution in [0.2, 0.25) is 0 Å². The minimum atomic E-state index is 0.250. The van der Waals surface area contributed by atoms with Crippen molar-refractivity contribution in [1.29, 1.82) is 0 Å². The molecule has 0 atom stereocenters. The Morgan fingerprint density at radius 1 is 1.11 bits per heavy atom. The number of amides is 1. The monoisotopic (exact) mass is 392 g/mol. The lowest BCUT2D eigenvalue weighted by Crippen LogP contribution is -2.35. The molecule has 1 saturated heterocycles. The number of unbranched alkanes of at least 4 members (excludes halogenated alkanes) is 7. The van der Waals surface area contributed by atoms with E-state index in [0.29, 0.717) is 5.92 Å². The van der Waals surface area contributed by atoms with Crippen molar-refractivity contribution in [3.8, 4) is 0 Å². The SMILES string of the molecule is CCCCCCCCCCN1CCC(Cn2cc(C(C)C)cn2)CC1.NC=O. The van der Waals surface area contributed by atoms with Crippen LogP contribution >= 0.6 is 0 Å². The lowest BCUT2D eigenvalue weighted by atomic mass is 9.96. The molecule has 1 aromatic rings. The Hall–Kier alpha value is -1.36. The average Bonchev–Trinajstić information content (AvgIpc) is 3.15. The molecule has 0 aromatic carbocycles. The van der Waals surface area contributed by atoms with Gasteiger partial charge in [-0.2, -0.15) is 5.10 Å². The van der Waals surface area contributed by atoms with Crippen LogP contribution in [0.5, 0.6) is 0 Å². The van der Waals surface area contributed by atoms with Gasteiger partial charge < -0.3 is 10.6 Å². The van der Waals surface area contributed by atoms with Gasteiger partial charge in [0.2, 0.25) is 6.41 Å². The summed E-state index contributed by atoms with van der Waals surface area (Å²) in [7, 11) is 0. The lowest BCUT2D eigenvalue weighted by Gasteiger charge is -2.31. The first-order chi connectivity index (χ1) is 13.6. The van der Waals surface area contributed by atoms with Crippen LogP contribution in [0.15, 0.2) is 12.4 Å². The van der Waals surface area contributed by atoms with E-state index in [2.05, 4.69) is 47.4 Å². The second kappa shape index (κ2) is 15.5. The molecule has 0 bridgehead atoms. The van der Waals surface area contributed by atoms with Gasteiger partial charge in [0.25, 0.3) is 0 Å². The van der Waals surface area contributed by atoms with Crippen LogP contribution in [0, 0.1) is 5.92 Å². The minimum Gasteiger partial charge on any atom is -0.372 e. The van der Waals surface area contributed by atoms with Crippen LogP contribution in [-0.4, -0.2) is 40.7 Å². The molecule has 1 fully saturated rings. The number of nitrogens with two attached hydrogens (primary N) is 1. The lowest BCUT2D eigenvalue weighted by molar-refractivity contribution is -0.106. The number of aromatic nitrogens is 2. The van der Waals surface area contributed by atoms with Crippen molar-refractivity contribution in [3.63, 3.8) is 0 Å². The van der Waals surface area contributed by atoms with Crippen LogP contribution < -0.4 is 5.73 Å². The molecule has 162 valence electrons. The van der Waals surface area contributed by atoms with E-state index in [-0.39, 0.29) is 6.41 Å². The third kappa shape index (κ3) is 10.8. The highest BCUT2D eigenvalue weighted by molar-refractivity contribution is 5.42. The summed E-state index contributed by atoms with van der Waals surface area (Å²) in [6.07, 6.45) is 18.6. The molecule has 28 heavy (non-hydrogen) atoms. The standard InChI is InChI=1S/C22H41N3.CH3NO/c1-4-5-6-7-8-9-10-11-14-24-15-12-21(13-16-24)18-25-19-22(17-23-25)20(2)3;2-1-3/h17,19-21H,4-16,18H2,1-3H3;1H,(H2,2,3). The highest BCUT2D eigenvalue weighted by atomic mass is 16.1. The van der Waals surface area contributed by atoms with Gasteiger partial charge in [0.1, 0.15) is 0 Å². The van der Waals surface area contributed by atoms with Crippen molar-refractivity contribution in [2.45, 2.75) is 97.4 Å². The minimum absolute atomic E-state index is 0.250. The Morgan fingerprint density at radius 2 is 1.68 bits per heavy atom. The molecule has 0 aliphatic carbocycles. The zero-order valence-corrected chi connectivity index (χ0v) is 18.6. The maximum Gasteiger partial charge on any atom is 0.204 e. The Morgan fingerprint density at radius 3 is 2.21 bits per heavy atom. The summed E-state index contributed by atoms with van der Waals surface area (Å²) in [6.45, 7) is 11.8. The molecule has 1 amide bonds. The Labute approximate surface area is 173 Å². The van der Waals surface area contributed by atoms with Crippen molar-refractivity contribution >= 4 is 6.41 Å². The molecule has 0 spiro atoms. The Bertz CT molecular complexity index is 493. The van der Waals surface area contributed by atoms with Gasteiger partial charge in [0.15, 0.2) is 0 Å². The maximum absolute atomic E-state index is 8.58. The molecule has 2 heterocycles. The second-order valence-corrected chi connectivity index (χ2v) is 8.55. The van der Waals surface area contributed by atoms with Gasteiger partial charge in [0.05, 0.1) is 6.20 Å². The van der Waals surface area contributed by atoms with E-state index in [1.54, 1.807) is 0 Å². The fourth-order valence-electron chi connectivity index (χ4n) is 3.90. The summed E-state index contributed by atoms with van der Waals surface area (Å²) in [4.78, 5) is 11.3. The van der Waals surface area contributed by atoms with E-state index in [0.717, 1.165) is 12.5 Å². The van der Waals surface area contributed by atoms with E-state index in [9.17, 15) is 0 Å². The fraction of sp³-hybridized carbons (Fsp3) is 0.826. The molecule has 1 aliphatic heterocycles. The predicted octanol–water partition coefficient (Wildman–Crippen LogP) is 4.96. The van der Waals surface area contributed by atoms with Gasteiger partial charge in [-0.1, -0.05) is 65.7 Å². The van der Waals surface area contributed by atoms with Crippen LogP contribution in [0.25, 0.3) is 0 Å². The van der Waals surface area contributed by atoms with Crippen molar-refractivity contribution in [1.82, 2.24) is 14.7 Å². The zero-order chi connectivity index (χ0) is 20.6. The Balaban J connectivity index is 0.00000122. The van der Waals surface area contributed by atoms with Crippen molar-refractivity contribution < 1.29 is 4.79 Å². The quantitative estimate of drug-likeness (QED) is 0.404. The predicted molar refractivity (Wildman–Crippen MR) is 118 cm³/mol. The highest BCUT2D eigenvalue weighted by Gasteiger charge is 2.19. The average molecular weight is 393 g/mol. The number of likely N-dealkylation sites (tertiary alicyclic amines) is 1. The fourth-order valence-corrected chi connectivity index (χ4v) is 3.90. The molecule has 1 aromatic heterocycles. The van der Waals surface area contributed by atoms with Gasteiger partial charge in [0, 0.05) is 12.7 Å². The van der Waals surface area contributed by atoms with E-state index >= 15 is 0 Å². The first-order valence-corrected chi connectivity index (χ1v) is 11.5. The van der Waals surface area contributed by atoms with Gasteiger partial charge in [-0.15, -0.1) is 0 Å².